The maximum absolute atomic E-state index is 13.2. The van der Waals surface area contributed by atoms with Gasteiger partial charge >= 0.3 is 0 Å². The Hall–Kier alpha value is -2.94. The molecule has 4 rings (SSSR count). The van der Waals surface area contributed by atoms with Crippen molar-refractivity contribution >= 4 is 16.8 Å². The van der Waals surface area contributed by atoms with Crippen LogP contribution in [0.15, 0.2) is 66.7 Å². The maximum atomic E-state index is 13.2. The molecular formula is C23H22N2O. The zero-order valence-corrected chi connectivity index (χ0v) is 15.0. The molecule has 2 heterocycles. The topological polar surface area (TPSA) is 33.2 Å². The summed E-state index contributed by atoms with van der Waals surface area (Å²) in [6.07, 6.45) is 1.78. The van der Waals surface area contributed by atoms with Gasteiger partial charge in [-0.1, -0.05) is 60.2 Å². The third kappa shape index (κ3) is 3.13. The van der Waals surface area contributed by atoms with Crippen molar-refractivity contribution in [2.75, 3.05) is 13.1 Å². The highest BCUT2D eigenvalue weighted by Gasteiger charge is 2.22. The van der Waals surface area contributed by atoms with Crippen LogP contribution < -0.4 is 0 Å². The summed E-state index contributed by atoms with van der Waals surface area (Å²) in [5.41, 5.74) is 5.90. The van der Waals surface area contributed by atoms with Crippen LogP contribution in [0.5, 0.6) is 0 Å². The van der Waals surface area contributed by atoms with Gasteiger partial charge in [0.1, 0.15) is 0 Å². The van der Waals surface area contributed by atoms with E-state index in [0.29, 0.717) is 0 Å². The molecule has 0 unspecified atom stereocenters. The quantitative estimate of drug-likeness (QED) is 0.614. The Labute approximate surface area is 154 Å². The van der Waals surface area contributed by atoms with Crippen LogP contribution in [-0.4, -0.2) is 28.9 Å². The van der Waals surface area contributed by atoms with E-state index in [-0.39, 0.29) is 5.91 Å². The highest BCUT2D eigenvalue weighted by atomic mass is 16.2. The first-order valence-corrected chi connectivity index (χ1v) is 9.04. The number of piperidine rings is 1. The number of para-hydroxylation sites is 1. The molecule has 1 aliphatic heterocycles. The van der Waals surface area contributed by atoms with Gasteiger partial charge in [-0.05, 0) is 31.9 Å². The van der Waals surface area contributed by atoms with Gasteiger partial charge in [0.15, 0.2) is 0 Å². The average Bonchev–Trinajstić information content (AvgIpc) is 2.68. The first kappa shape index (κ1) is 16.5. The summed E-state index contributed by atoms with van der Waals surface area (Å²) >= 11 is 0. The van der Waals surface area contributed by atoms with Crippen molar-refractivity contribution in [3.05, 3.63) is 77.9 Å². The number of amides is 1. The number of benzene rings is 2. The minimum atomic E-state index is 0.0875. The van der Waals surface area contributed by atoms with E-state index in [1.807, 2.05) is 35.2 Å². The van der Waals surface area contributed by atoms with Gasteiger partial charge in [-0.15, -0.1) is 0 Å². The molecule has 3 heteroatoms. The first-order valence-electron chi connectivity index (χ1n) is 9.04. The van der Waals surface area contributed by atoms with E-state index in [9.17, 15) is 4.79 Å². The monoisotopic (exact) mass is 342 g/mol. The number of hydrogen-bond acceptors (Lipinski definition) is 2. The predicted molar refractivity (Wildman–Crippen MR) is 106 cm³/mol. The van der Waals surface area contributed by atoms with Crippen LogP contribution in [0.3, 0.4) is 0 Å². The summed E-state index contributed by atoms with van der Waals surface area (Å²) in [4.78, 5) is 20.0. The Morgan fingerprint density at radius 3 is 2.46 bits per heavy atom. The van der Waals surface area contributed by atoms with Crippen LogP contribution in [0.4, 0.5) is 0 Å². The number of fused-ring (bicyclic) bond motifs is 1. The van der Waals surface area contributed by atoms with Crippen LogP contribution in [0, 0.1) is 6.92 Å². The molecule has 0 saturated carbocycles. The number of pyridine rings is 1. The van der Waals surface area contributed by atoms with Crippen LogP contribution in [-0.2, 0) is 0 Å². The lowest BCUT2D eigenvalue weighted by Gasteiger charge is -2.28. The summed E-state index contributed by atoms with van der Waals surface area (Å²) in [6, 6.07) is 18.1. The van der Waals surface area contributed by atoms with Crippen molar-refractivity contribution < 1.29 is 4.79 Å². The lowest BCUT2D eigenvalue weighted by atomic mass is 10.0. The molecule has 1 fully saturated rings. The average molecular weight is 342 g/mol. The molecule has 3 aromatic rings. The Kier molecular flexibility index (Phi) is 4.29. The Balaban J connectivity index is 1.80. The smallest absolute Gasteiger partial charge is 0.254 e. The van der Waals surface area contributed by atoms with Gasteiger partial charge in [-0.2, -0.15) is 0 Å². The lowest BCUT2D eigenvalue weighted by Crippen LogP contribution is -2.36. The molecule has 1 aromatic heterocycles. The van der Waals surface area contributed by atoms with Crippen molar-refractivity contribution in [3.8, 4) is 11.3 Å². The van der Waals surface area contributed by atoms with E-state index >= 15 is 0 Å². The van der Waals surface area contributed by atoms with Crippen molar-refractivity contribution in [1.82, 2.24) is 9.88 Å². The second-order valence-electron chi connectivity index (χ2n) is 6.98. The van der Waals surface area contributed by atoms with Crippen LogP contribution in [0.2, 0.25) is 0 Å². The molecule has 0 N–H and O–H groups in total. The van der Waals surface area contributed by atoms with Gasteiger partial charge in [0.2, 0.25) is 0 Å². The second kappa shape index (κ2) is 6.75. The van der Waals surface area contributed by atoms with Gasteiger partial charge in [0, 0.05) is 24.0 Å². The van der Waals surface area contributed by atoms with Gasteiger partial charge in [-0.25, -0.2) is 4.98 Å². The Morgan fingerprint density at radius 1 is 1.04 bits per heavy atom. The summed E-state index contributed by atoms with van der Waals surface area (Å²) in [6.45, 7) is 7.60. The van der Waals surface area contributed by atoms with E-state index in [4.69, 9.17) is 4.98 Å². The Morgan fingerprint density at radius 2 is 1.73 bits per heavy atom. The molecule has 1 amide bonds. The van der Waals surface area contributed by atoms with Gasteiger partial charge in [0.05, 0.1) is 16.8 Å². The van der Waals surface area contributed by atoms with E-state index < -0.39 is 0 Å². The number of aryl methyl sites for hydroxylation is 1. The van der Waals surface area contributed by atoms with E-state index in [0.717, 1.165) is 53.7 Å². The van der Waals surface area contributed by atoms with E-state index in [1.54, 1.807) is 0 Å². The normalized spacial score (nSPS) is 14.7. The SMILES string of the molecule is C=C1CCN(C(=O)c2cc(-c3ccc(C)cc3)nc3ccccc23)CC1. The fourth-order valence-corrected chi connectivity index (χ4v) is 3.42. The van der Waals surface area contributed by atoms with Crippen molar-refractivity contribution in [2.24, 2.45) is 0 Å². The van der Waals surface area contributed by atoms with Crippen molar-refractivity contribution in [3.63, 3.8) is 0 Å². The van der Waals surface area contributed by atoms with Crippen molar-refractivity contribution in [2.45, 2.75) is 19.8 Å². The van der Waals surface area contributed by atoms with Crippen LogP contribution >= 0.6 is 0 Å². The lowest BCUT2D eigenvalue weighted by molar-refractivity contribution is 0.0746. The molecule has 3 nitrogen and oxygen atoms in total. The summed E-state index contributed by atoms with van der Waals surface area (Å²) in [5, 5.41) is 0.915. The number of likely N-dealkylation sites (tertiary alicyclic amines) is 1. The Bertz CT molecular complexity index is 979. The third-order valence-corrected chi connectivity index (χ3v) is 5.05. The zero-order chi connectivity index (χ0) is 18.1. The number of carbonyl (C=O) groups is 1. The number of nitrogens with zero attached hydrogens (tertiary/aromatic N) is 2. The zero-order valence-electron chi connectivity index (χ0n) is 15.0. The molecule has 130 valence electrons. The molecule has 0 spiro atoms. The minimum Gasteiger partial charge on any atom is -0.338 e. The van der Waals surface area contributed by atoms with Gasteiger partial charge in [0.25, 0.3) is 5.91 Å². The molecule has 1 saturated heterocycles. The largest absolute Gasteiger partial charge is 0.338 e. The molecule has 0 radical (unpaired) electrons. The van der Waals surface area contributed by atoms with Gasteiger partial charge < -0.3 is 4.90 Å². The fraction of sp³-hybridized carbons (Fsp3) is 0.217. The van der Waals surface area contributed by atoms with Crippen LogP contribution in [0.25, 0.3) is 22.2 Å². The summed E-state index contributed by atoms with van der Waals surface area (Å²) in [5.74, 6) is 0.0875. The second-order valence-corrected chi connectivity index (χ2v) is 6.98. The molecule has 0 aliphatic carbocycles. The highest BCUT2D eigenvalue weighted by Crippen LogP contribution is 2.27. The molecule has 26 heavy (non-hydrogen) atoms. The van der Waals surface area contributed by atoms with Crippen molar-refractivity contribution in [1.29, 1.82) is 0 Å². The maximum Gasteiger partial charge on any atom is 0.254 e. The molecule has 1 aliphatic rings. The van der Waals surface area contributed by atoms with Gasteiger partial charge in [-0.3, -0.25) is 4.79 Å². The fourth-order valence-electron chi connectivity index (χ4n) is 3.42. The minimum absolute atomic E-state index is 0.0875. The summed E-state index contributed by atoms with van der Waals surface area (Å²) in [7, 11) is 0. The van der Waals surface area contributed by atoms with E-state index in [2.05, 4.69) is 37.8 Å². The number of rotatable bonds is 2. The van der Waals surface area contributed by atoms with E-state index in [1.165, 1.54) is 11.1 Å². The number of aromatic nitrogens is 1. The first-order chi connectivity index (χ1) is 12.6. The van der Waals surface area contributed by atoms with Crippen LogP contribution in [0.1, 0.15) is 28.8 Å². The molecular weight excluding hydrogens is 320 g/mol. The summed E-state index contributed by atoms with van der Waals surface area (Å²) < 4.78 is 0. The number of carbonyl (C=O) groups excluding carboxylic acids is 1. The standard InChI is InChI=1S/C23H22N2O/c1-16-7-9-18(10-8-16)22-15-20(19-5-3-4-6-21(19)24-22)23(26)25-13-11-17(2)12-14-25/h3-10,15H,2,11-14H2,1H3. The highest BCUT2D eigenvalue weighted by molar-refractivity contribution is 6.07. The molecule has 0 atom stereocenters. The molecule has 2 aromatic carbocycles. The number of hydrogen-bond donors (Lipinski definition) is 0. The third-order valence-electron chi connectivity index (χ3n) is 5.05. The molecule has 0 bridgehead atoms. The predicted octanol–water partition coefficient (Wildman–Crippen LogP) is 5.00.